The van der Waals surface area contributed by atoms with E-state index in [2.05, 4.69) is 10.6 Å². The second kappa shape index (κ2) is 7.75. The molecule has 6 N–H and O–H groups in total. The van der Waals surface area contributed by atoms with Gasteiger partial charge < -0.3 is 22.1 Å². The molecule has 2 amide bonds. The third kappa shape index (κ3) is 4.24. The molecule has 0 unspecified atom stereocenters. The summed E-state index contributed by atoms with van der Waals surface area (Å²) >= 11 is 0. The molecule has 3 rings (SSSR count). The van der Waals surface area contributed by atoms with E-state index < -0.39 is 23.4 Å². The Morgan fingerprint density at radius 1 is 0.643 bits per heavy atom. The number of anilines is 4. The van der Waals surface area contributed by atoms with Crippen molar-refractivity contribution < 1.29 is 18.4 Å². The van der Waals surface area contributed by atoms with Crippen molar-refractivity contribution in [1.82, 2.24) is 0 Å². The SMILES string of the molecule is NC(=O)c1cc(Nc2ccc(F)cc2)c(Nc2ccc(F)cc2)cc1C(N)=O. The number of halogens is 2. The molecule has 0 bridgehead atoms. The minimum Gasteiger partial charge on any atom is -0.366 e. The Balaban J connectivity index is 2.08. The normalized spacial score (nSPS) is 10.4. The van der Waals surface area contributed by atoms with Crippen molar-refractivity contribution in [2.75, 3.05) is 10.6 Å². The lowest BCUT2D eigenvalue weighted by Gasteiger charge is -2.17. The fraction of sp³-hybridized carbons (Fsp3) is 0. The van der Waals surface area contributed by atoms with Gasteiger partial charge in [0.1, 0.15) is 11.6 Å². The second-order valence-electron chi connectivity index (χ2n) is 5.94. The molecule has 0 saturated carbocycles. The summed E-state index contributed by atoms with van der Waals surface area (Å²) in [5.74, 6) is -2.47. The molecule has 0 aliphatic heterocycles. The Morgan fingerprint density at radius 2 is 0.964 bits per heavy atom. The molecule has 28 heavy (non-hydrogen) atoms. The van der Waals surface area contributed by atoms with E-state index in [1.54, 1.807) is 0 Å². The number of carbonyl (C=O) groups is 2. The Labute approximate surface area is 159 Å². The summed E-state index contributed by atoms with van der Waals surface area (Å²) in [6.45, 7) is 0. The standard InChI is InChI=1S/C20H16F2N4O2/c21-11-1-5-13(6-2-11)25-17-9-15(19(23)27)16(20(24)28)10-18(17)26-14-7-3-12(22)4-8-14/h1-10,25-26H,(H2,23,27)(H2,24,28). The third-order valence-corrected chi connectivity index (χ3v) is 3.94. The van der Waals surface area contributed by atoms with Crippen molar-refractivity contribution in [2.45, 2.75) is 0 Å². The highest BCUT2D eigenvalue weighted by atomic mass is 19.1. The zero-order valence-electron chi connectivity index (χ0n) is 14.5. The monoisotopic (exact) mass is 382 g/mol. The summed E-state index contributed by atoms with van der Waals surface area (Å²) in [5, 5.41) is 6.06. The number of carbonyl (C=O) groups excluding carboxylic acids is 2. The maximum absolute atomic E-state index is 13.2. The van der Waals surface area contributed by atoms with Crippen LogP contribution < -0.4 is 22.1 Å². The molecule has 0 aromatic heterocycles. The van der Waals surface area contributed by atoms with Crippen LogP contribution in [0.25, 0.3) is 0 Å². The molecule has 142 valence electrons. The Hall–Kier alpha value is -3.94. The van der Waals surface area contributed by atoms with E-state index in [-0.39, 0.29) is 11.1 Å². The Bertz CT molecular complexity index is 951. The summed E-state index contributed by atoms with van der Waals surface area (Å²) in [7, 11) is 0. The zero-order valence-corrected chi connectivity index (χ0v) is 14.5. The van der Waals surface area contributed by atoms with E-state index in [0.29, 0.717) is 22.7 Å². The first-order valence-corrected chi connectivity index (χ1v) is 8.16. The first-order chi connectivity index (χ1) is 13.3. The van der Waals surface area contributed by atoms with Gasteiger partial charge in [0.25, 0.3) is 0 Å². The lowest BCUT2D eigenvalue weighted by Crippen LogP contribution is -2.21. The number of hydrogen-bond donors (Lipinski definition) is 4. The molecule has 0 aliphatic carbocycles. The lowest BCUT2D eigenvalue weighted by atomic mass is 10.0. The van der Waals surface area contributed by atoms with Gasteiger partial charge in [-0.3, -0.25) is 9.59 Å². The van der Waals surface area contributed by atoms with Crippen molar-refractivity contribution in [3.63, 3.8) is 0 Å². The van der Waals surface area contributed by atoms with Crippen LogP contribution in [0, 0.1) is 11.6 Å². The van der Waals surface area contributed by atoms with Gasteiger partial charge in [-0.1, -0.05) is 0 Å². The molecular formula is C20H16F2N4O2. The van der Waals surface area contributed by atoms with Crippen LogP contribution >= 0.6 is 0 Å². The Kier molecular flexibility index (Phi) is 5.21. The van der Waals surface area contributed by atoms with Crippen LogP contribution in [-0.4, -0.2) is 11.8 Å². The van der Waals surface area contributed by atoms with Gasteiger partial charge in [-0.2, -0.15) is 0 Å². The van der Waals surface area contributed by atoms with Gasteiger partial charge in [0.2, 0.25) is 11.8 Å². The van der Waals surface area contributed by atoms with Crippen molar-refractivity contribution in [1.29, 1.82) is 0 Å². The summed E-state index contributed by atoms with van der Waals surface area (Å²) in [4.78, 5) is 23.5. The number of nitrogens with one attached hydrogen (secondary N) is 2. The zero-order chi connectivity index (χ0) is 20.3. The number of amides is 2. The van der Waals surface area contributed by atoms with E-state index in [4.69, 9.17) is 11.5 Å². The lowest BCUT2D eigenvalue weighted by molar-refractivity contribution is 0.0967. The molecular weight excluding hydrogens is 366 g/mol. The van der Waals surface area contributed by atoms with E-state index >= 15 is 0 Å². The minimum absolute atomic E-state index is 0.0678. The second-order valence-corrected chi connectivity index (χ2v) is 5.94. The van der Waals surface area contributed by atoms with Gasteiger partial charge in [0.15, 0.2) is 0 Å². The highest BCUT2D eigenvalue weighted by molar-refractivity contribution is 6.08. The van der Waals surface area contributed by atoms with Gasteiger partial charge in [-0.15, -0.1) is 0 Å². The minimum atomic E-state index is -0.829. The average Bonchev–Trinajstić information content (AvgIpc) is 2.66. The fourth-order valence-corrected chi connectivity index (χ4v) is 2.59. The van der Waals surface area contributed by atoms with E-state index in [1.165, 1.54) is 60.7 Å². The summed E-state index contributed by atoms with van der Waals surface area (Å²) < 4.78 is 26.3. The van der Waals surface area contributed by atoms with Crippen LogP contribution in [0.3, 0.4) is 0 Å². The number of benzene rings is 3. The first-order valence-electron chi connectivity index (χ1n) is 8.16. The van der Waals surface area contributed by atoms with Gasteiger partial charge in [0, 0.05) is 11.4 Å². The molecule has 3 aromatic rings. The van der Waals surface area contributed by atoms with Gasteiger partial charge in [-0.25, -0.2) is 8.78 Å². The molecule has 3 aromatic carbocycles. The molecule has 0 saturated heterocycles. The van der Waals surface area contributed by atoms with Gasteiger partial charge >= 0.3 is 0 Å². The topological polar surface area (TPSA) is 110 Å². The Morgan fingerprint density at radius 3 is 1.25 bits per heavy atom. The average molecular weight is 382 g/mol. The van der Waals surface area contributed by atoms with Crippen LogP contribution in [-0.2, 0) is 0 Å². The first kappa shape index (κ1) is 18.8. The van der Waals surface area contributed by atoms with E-state index in [0.717, 1.165) is 0 Å². The molecule has 0 aliphatic rings. The molecule has 6 nitrogen and oxygen atoms in total. The predicted octanol–water partition coefficient (Wildman–Crippen LogP) is 3.65. The molecule has 8 heteroatoms. The number of nitrogens with two attached hydrogens (primary N) is 2. The van der Waals surface area contributed by atoms with Crippen molar-refractivity contribution in [3.8, 4) is 0 Å². The maximum Gasteiger partial charge on any atom is 0.249 e. The van der Waals surface area contributed by atoms with Gasteiger partial charge in [-0.05, 0) is 60.7 Å². The molecule has 0 atom stereocenters. The maximum atomic E-state index is 13.2. The molecule has 0 radical (unpaired) electrons. The summed E-state index contributed by atoms with van der Waals surface area (Å²) in [5.41, 5.74) is 12.4. The van der Waals surface area contributed by atoms with Crippen LogP contribution in [0.1, 0.15) is 20.7 Å². The number of rotatable bonds is 6. The molecule has 0 spiro atoms. The smallest absolute Gasteiger partial charge is 0.249 e. The fourth-order valence-electron chi connectivity index (χ4n) is 2.59. The number of hydrogen-bond acceptors (Lipinski definition) is 4. The highest BCUT2D eigenvalue weighted by Gasteiger charge is 2.18. The predicted molar refractivity (Wildman–Crippen MR) is 103 cm³/mol. The van der Waals surface area contributed by atoms with Crippen molar-refractivity contribution in [2.24, 2.45) is 11.5 Å². The summed E-state index contributed by atoms with van der Waals surface area (Å²) in [6.07, 6.45) is 0. The number of primary amides is 2. The van der Waals surface area contributed by atoms with E-state index in [1.807, 2.05) is 0 Å². The molecule has 0 fully saturated rings. The van der Waals surface area contributed by atoms with Crippen LogP contribution in [0.2, 0.25) is 0 Å². The van der Waals surface area contributed by atoms with Crippen LogP contribution in [0.4, 0.5) is 31.5 Å². The van der Waals surface area contributed by atoms with Crippen molar-refractivity contribution >= 4 is 34.6 Å². The third-order valence-electron chi connectivity index (χ3n) is 3.94. The van der Waals surface area contributed by atoms with Gasteiger partial charge in [0.05, 0.1) is 22.5 Å². The van der Waals surface area contributed by atoms with E-state index in [9.17, 15) is 18.4 Å². The quantitative estimate of drug-likeness (QED) is 0.521. The van der Waals surface area contributed by atoms with Crippen LogP contribution in [0.15, 0.2) is 60.7 Å². The molecule has 0 heterocycles. The highest BCUT2D eigenvalue weighted by Crippen LogP contribution is 2.32. The van der Waals surface area contributed by atoms with Crippen LogP contribution in [0.5, 0.6) is 0 Å². The summed E-state index contributed by atoms with van der Waals surface area (Å²) in [6, 6.07) is 13.8. The largest absolute Gasteiger partial charge is 0.366 e. The van der Waals surface area contributed by atoms with Crippen molar-refractivity contribution in [3.05, 3.63) is 83.4 Å².